The number of hydrogen-bond acceptors (Lipinski definition) is 4. The van der Waals surface area contributed by atoms with Crippen LogP contribution in [0.15, 0.2) is 30.9 Å². The van der Waals surface area contributed by atoms with Crippen LogP contribution < -0.4 is 4.90 Å². The normalized spacial score (nSPS) is 15.5. The van der Waals surface area contributed by atoms with Crippen LogP contribution in [0.1, 0.15) is 25.3 Å². The molecule has 0 atom stereocenters. The van der Waals surface area contributed by atoms with Gasteiger partial charge in [-0.1, -0.05) is 6.92 Å². The summed E-state index contributed by atoms with van der Waals surface area (Å²) in [6.07, 6.45) is 10.4. The molecule has 3 heterocycles. The van der Waals surface area contributed by atoms with Gasteiger partial charge in [-0.05, 0) is 30.9 Å². The number of aromatic nitrogens is 3. The third-order valence-electron chi connectivity index (χ3n) is 4.69. The minimum Gasteiger partial charge on any atom is -0.368 e. The molecule has 0 aliphatic carbocycles. The molecule has 0 N–H and O–H groups in total. The second-order valence-corrected chi connectivity index (χ2v) is 6.51. The molecule has 1 fully saturated rings. The van der Waals surface area contributed by atoms with E-state index in [0.717, 1.165) is 43.7 Å². The van der Waals surface area contributed by atoms with Crippen LogP contribution in [0.5, 0.6) is 0 Å². The number of amides is 1. The van der Waals surface area contributed by atoms with E-state index in [0.29, 0.717) is 0 Å². The van der Waals surface area contributed by atoms with Gasteiger partial charge in [0.15, 0.2) is 0 Å². The van der Waals surface area contributed by atoms with Crippen molar-refractivity contribution in [2.24, 2.45) is 5.92 Å². The van der Waals surface area contributed by atoms with E-state index in [2.05, 4.69) is 28.1 Å². The number of carbonyl (C=O) groups excluding carboxylic acids is 1. The maximum atomic E-state index is 12.1. The van der Waals surface area contributed by atoms with Crippen LogP contribution in [0.25, 0.3) is 5.69 Å². The van der Waals surface area contributed by atoms with Gasteiger partial charge in [0.25, 0.3) is 0 Å². The summed E-state index contributed by atoms with van der Waals surface area (Å²) in [5.41, 5.74) is 3.34. The molecule has 3 rings (SSSR count). The quantitative estimate of drug-likeness (QED) is 0.863. The van der Waals surface area contributed by atoms with Gasteiger partial charge in [-0.3, -0.25) is 9.78 Å². The van der Waals surface area contributed by atoms with Crippen molar-refractivity contribution >= 4 is 11.6 Å². The number of nitrogens with zero attached hydrogens (tertiary/aromatic N) is 5. The summed E-state index contributed by atoms with van der Waals surface area (Å²) >= 11 is 0. The molecule has 24 heavy (non-hydrogen) atoms. The molecule has 1 saturated heterocycles. The van der Waals surface area contributed by atoms with E-state index in [4.69, 9.17) is 0 Å². The first-order valence-electron chi connectivity index (χ1n) is 8.54. The first-order valence-corrected chi connectivity index (χ1v) is 8.54. The van der Waals surface area contributed by atoms with Crippen LogP contribution in [0.3, 0.4) is 0 Å². The van der Waals surface area contributed by atoms with E-state index < -0.39 is 0 Å². The molecule has 1 aliphatic rings. The zero-order valence-corrected chi connectivity index (χ0v) is 14.6. The minimum atomic E-state index is 0.132. The van der Waals surface area contributed by atoms with Crippen molar-refractivity contribution in [2.45, 2.75) is 26.2 Å². The lowest BCUT2D eigenvalue weighted by molar-refractivity contribution is -0.133. The van der Waals surface area contributed by atoms with E-state index in [1.165, 1.54) is 5.56 Å². The molecule has 1 aliphatic heterocycles. The topological polar surface area (TPSA) is 54.3 Å². The van der Waals surface area contributed by atoms with Gasteiger partial charge < -0.3 is 9.80 Å². The molecule has 0 unspecified atom stereocenters. The van der Waals surface area contributed by atoms with Crippen molar-refractivity contribution in [1.29, 1.82) is 0 Å². The average Bonchev–Trinajstić information content (AvgIpc) is 3.10. The summed E-state index contributed by atoms with van der Waals surface area (Å²) in [6.45, 7) is 3.86. The van der Waals surface area contributed by atoms with Crippen molar-refractivity contribution in [1.82, 2.24) is 19.7 Å². The predicted octanol–water partition coefficient (Wildman–Crippen LogP) is 2.13. The van der Waals surface area contributed by atoms with Gasteiger partial charge in [0.2, 0.25) is 5.91 Å². The molecule has 0 aromatic carbocycles. The highest BCUT2D eigenvalue weighted by Crippen LogP contribution is 2.28. The van der Waals surface area contributed by atoms with E-state index in [-0.39, 0.29) is 11.8 Å². The predicted molar refractivity (Wildman–Crippen MR) is 94.4 cm³/mol. The molecule has 2 aromatic heterocycles. The summed E-state index contributed by atoms with van der Waals surface area (Å²) in [6, 6.07) is 2.00. The summed E-state index contributed by atoms with van der Waals surface area (Å²) in [5, 5.41) is 4.48. The Balaban J connectivity index is 1.78. The molecule has 6 heteroatoms. The van der Waals surface area contributed by atoms with Gasteiger partial charge in [-0.15, -0.1) is 0 Å². The maximum Gasteiger partial charge on any atom is 0.225 e. The Bertz CT molecular complexity index is 701. The van der Waals surface area contributed by atoms with E-state index in [1.807, 2.05) is 37.2 Å². The van der Waals surface area contributed by atoms with Crippen molar-refractivity contribution < 1.29 is 4.79 Å². The van der Waals surface area contributed by atoms with E-state index >= 15 is 0 Å². The summed E-state index contributed by atoms with van der Waals surface area (Å²) < 4.78 is 1.92. The average molecular weight is 327 g/mol. The van der Waals surface area contributed by atoms with Crippen molar-refractivity contribution in [3.8, 4) is 5.69 Å². The molecule has 2 aromatic rings. The minimum absolute atomic E-state index is 0.132. The van der Waals surface area contributed by atoms with Gasteiger partial charge >= 0.3 is 0 Å². The van der Waals surface area contributed by atoms with Crippen LogP contribution in [-0.4, -0.2) is 52.8 Å². The molecule has 0 radical (unpaired) electrons. The second-order valence-electron chi connectivity index (χ2n) is 6.51. The van der Waals surface area contributed by atoms with Gasteiger partial charge in [-0.25, -0.2) is 4.68 Å². The highest BCUT2D eigenvalue weighted by molar-refractivity contribution is 5.78. The lowest BCUT2D eigenvalue weighted by Crippen LogP contribution is -2.40. The van der Waals surface area contributed by atoms with Crippen LogP contribution >= 0.6 is 0 Å². The molecule has 0 bridgehead atoms. The lowest BCUT2D eigenvalue weighted by Gasteiger charge is -2.34. The molecule has 0 spiro atoms. The molecular weight excluding hydrogens is 302 g/mol. The standard InChI is InChI=1S/C18H25N5O/c1-4-14-11-20-23(13-14)16-5-8-19-12-17(16)22-9-6-15(7-10-22)18(24)21(2)3/h5,8,11-13,15H,4,6-7,9-10H2,1-3H3. The Morgan fingerprint density at radius 2 is 2.00 bits per heavy atom. The zero-order chi connectivity index (χ0) is 17.1. The first kappa shape index (κ1) is 16.5. The van der Waals surface area contributed by atoms with Crippen LogP contribution in [0.2, 0.25) is 0 Å². The smallest absolute Gasteiger partial charge is 0.225 e. The highest BCUT2D eigenvalue weighted by Gasteiger charge is 2.27. The van der Waals surface area contributed by atoms with Crippen LogP contribution in [-0.2, 0) is 11.2 Å². The number of piperidine rings is 1. The third-order valence-corrected chi connectivity index (χ3v) is 4.69. The molecule has 6 nitrogen and oxygen atoms in total. The fourth-order valence-corrected chi connectivity index (χ4v) is 3.22. The Kier molecular flexibility index (Phi) is 4.83. The molecular formula is C18H25N5O. The number of pyridine rings is 1. The lowest BCUT2D eigenvalue weighted by atomic mass is 9.95. The number of hydrogen-bond donors (Lipinski definition) is 0. The SMILES string of the molecule is CCc1cnn(-c2ccncc2N2CCC(C(=O)N(C)C)CC2)c1. The first-order chi connectivity index (χ1) is 11.6. The number of carbonyl (C=O) groups is 1. The fraction of sp³-hybridized carbons (Fsp3) is 0.500. The molecule has 128 valence electrons. The van der Waals surface area contributed by atoms with Crippen molar-refractivity contribution in [3.63, 3.8) is 0 Å². The fourth-order valence-electron chi connectivity index (χ4n) is 3.22. The maximum absolute atomic E-state index is 12.1. The summed E-state index contributed by atoms with van der Waals surface area (Å²) in [7, 11) is 3.66. The Hall–Kier alpha value is -2.37. The largest absolute Gasteiger partial charge is 0.368 e. The third kappa shape index (κ3) is 3.27. The Morgan fingerprint density at radius 1 is 1.25 bits per heavy atom. The van der Waals surface area contributed by atoms with E-state index in [1.54, 1.807) is 11.1 Å². The highest BCUT2D eigenvalue weighted by atomic mass is 16.2. The van der Waals surface area contributed by atoms with Gasteiger partial charge in [0, 0.05) is 45.5 Å². The van der Waals surface area contributed by atoms with Crippen LogP contribution in [0.4, 0.5) is 5.69 Å². The Labute approximate surface area is 143 Å². The molecule has 0 saturated carbocycles. The van der Waals surface area contributed by atoms with Gasteiger partial charge in [0.05, 0.1) is 23.8 Å². The number of anilines is 1. The summed E-state index contributed by atoms with van der Waals surface area (Å²) in [4.78, 5) is 20.5. The van der Waals surface area contributed by atoms with Crippen molar-refractivity contribution in [2.75, 3.05) is 32.1 Å². The van der Waals surface area contributed by atoms with Crippen LogP contribution in [0, 0.1) is 5.92 Å². The van der Waals surface area contributed by atoms with Gasteiger partial charge in [0.1, 0.15) is 0 Å². The summed E-state index contributed by atoms with van der Waals surface area (Å²) in [5.74, 6) is 0.369. The second kappa shape index (κ2) is 7.03. The van der Waals surface area contributed by atoms with Gasteiger partial charge in [-0.2, -0.15) is 5.10 Å². The zero-order valence-electron chi connectivity index (χ0n) is 14.6. The number of aryl methyl sites for hydroxylation is 1. The van der Waals surface area contributed by atoms with Crippen molar-refractivity contribution in [3.05, 3.63) is 36.4 Å². The number of rotatable bonds is 4. The molecule has 1 amide bonds. The Morgan fingerprint density at radius 3 is 2.62 bits per heavy atom. The van der Waals surface area contributed by atoms with E-state index in [9.17, 15) is 4.79 Å². The monoisotopic (exact) mass is 327 g/mol.